The molecule has 0 amide bonds. The molecule has 0 saturated heterocycles. The average Bonchev–Trinajstić information content (AvgIpc) is 3.03. The predicted molar refractivity (Wildman–Crippen MR) is 84.2 cm³/mol. The van der Waals surface area contributed by atoms with E-state index in [0.29, 0.717) is 25.4 Å². The zero-order valence-corrected chi connectivity index (χ0v) is 13.3. The van der Waals surface area contributed by atoms with E-state index >= 15 is 0 Å². The first kappa shape index (κ1) is 16.9. The third-order valence-electron chi connectivity index (χ3n) is 3.46. The fourth-order valence-corrected chi connectivity index (χ4v) is 2.32. The number of aliphatic hydroxyl groups is 1. The molecule has 1 aromatic heterocycles. The first-order chi connectivity index (χ1) is 11.2. The van der Waals surface area contributed by atoms with Gasteiger partial charge in [-0.2, -0.15) is 5.26 Å². The van der Waals surface area contributed by atoms with Crippen molar-refractivity contribution in [2.24, 2.45) is 0 Å². The Morgan fingerprint density at radius 3 is 2.61 bits per heavy atom. The highest BCUT2D eigenvalue weighted by molar-refractivity contribution is 5.40. The van der Waals surface area contributed by atoms with Gasteiger partial charge in [0.2, 0.25) is 5.76 Å². The summed E-state index contributed by atoms with van der Waals surface area (Å²) in [5, 5.41) is 18.1. The third-order valence-corrected chi connectivity index (χ3v) is 3.46. The maximum atomic E-state index is 9.28. The molecular weight excluding hydrogens is 296 g/mol. The molecule has 0 fully saturated rings. The number of rotatable bonds is 8. The number of ether oxygens (including phenoxy) is 2. The van der Waals surface area contributed by atoms with Gasteiger partial charge in [-0.3, -0.25) is 4.90 Å². The van der Waals surface area contributed by atoms with Crippen molar-refractivity contribution in [3.8, 4) is 17.6 Å². The van der Waals surface area contributed by atoms with Crippen LogP contribution in [0, 0.1) is 11.3 Å². The lowest BCUT2D eigenvalue weighted by Crippen LogP contribution is -2.26. The molecular formula is C17H20N2O4. The summed E-state index contributed by atoms with van der Waals surface area (Å²) in [7, 11) is 3.22. The zero-order chi connectivity index (χ0) is 16.7. The van der Waals surface area contributed by atoms with Crippen LogP contribution in [0.5, 0.6) is 11.5 Å². The lowest BCUT2D eigenvalue weighted by molar-refractivity contribution is 0.173. The van der Waals surface area contributed by atoms with Gasteiger partial charge in [-0.25, -0.2) is 0 Å². The van der Waals surface area contributed by atoms with E-state index < -0.39 is 0 Å². The van der Waals surface area contributed by atoms with Gasteiger partial charge < -0.3 is 19.0 Å². The van der Waals surface area contributed by atoms with Gasteiger partial charge in [0.15, 0.2) is 0 Å². The molecule has 0 radical (unpaired) electrons. The van der Waals surface area contributed by atoms with E-state index in [-0.39, 0.29) is 12.4 Å². The van der Waals surface area contributed by atoms with Crippen LogP contribution >= 0.6 is 0 Å². The summed E-state index contributed by atoms with van der Waals surface area (Å²) in [5.74, 6) is 2.42. The van der Waals surface area contributed by atoms with E-state index in [0.717, 1.165) is 17.1 Å². The van der Waals surface area contributed by atoms with Crippen molar-refractivity contribution >= 4 is 0 Å². The molecule has 6 heteroatoms. The van der Waals surface area contributed by atoms with E-state index in [2.05, 4.69) is 0 Å². The molecule has 23 heavy (non-hydrogen) atoms. The lowest BCUT2D eigenvalue weighted by atomic mass is 10.1. The minimum Gasteiger partial charge on any atom is -0.497 e. The normalized spacial score (nSPS) is 10.6. The quantitative estimate of drug-likeness (QED) is 0.804. The molecule has 1 aromatic carbocycles. The van der Waals surface area contributed by atoms with Crippen LogP contribution in [0.2, 0.25) is 0 Å². The number of methoxy groups -OCH3 is 2. The van der Waals surface area contributed by atoms with Gasteiger partial charge in [-0.15, -0.1) is 0 Å². The fraction of sp³-hybridized carbons (Fsp3) is 0.353. The van der Waals surface area contributed by atoms with Gasteiger partial charge in [-0.05, 0) is 18.2 Å². The summed E-state index contributed by atoms with van der Waals surface area (Å²) >= 11 is 0. The highest BCUT2D eigenvalue weighted by Crippen LogP contribution is 2.26. The smallest absolute Gasteiger partial charge is 0.203 e. The molecule has 0 atom stereocenters. The summed E-state index contributed by atoms with van der Waals surface area (Å²) in [6.07, 6.45) is 0. The molecule has 2 aromatic rings. The summed E-state index contributed by atoms with van der Waals surface area (Å²) in [4.78, 5) is 2.02. The van der Waals surface area contributed by atoms with Gasteiger partial charge in [0.05, 0.1) is 27.4 Å². The summed E-state index contributed by atoms with van der Waals surface area (Å²) in [6.45, 7) is 1.59. The van der Waals surface area contributed by atoms with Crippen molar-refractivity contribution in [2.45, 2.75) is 13.1 Å². The summed E-state index contributed by atoms with van der Waals surface area (Å²) in [5.41, 5.74) is 0.980. The Morgan fingerprint density at radius 2 is 2.00 bits per heavy atom. The maximum absolute atomic E-state index is 9.28. The highest BCUT2D eigenvalue weighted by Gasteiger charge is 2.13. The first-order valence-corrected chi connectivity index (χ1v) is 7.23. The van der Waals surface area contributed by atoms with E-state index in [1.54, 1.807) is 26.4 Å². The molecule has 122 valence electrons. The van der Waals surface area contributed by atoms with Gasteiger partial charge in [0.25, 0.3) is 0 Å². The van der Waals surface area contributed by atoms with Crippen LogP contribution in [0.4, 0.5) is 0 Å². The van der Waals surface area contributed by atoms with Crippen molar-refractivity contribution in [1.82, 2.24) is 4.90 Å². The van der Waals surface area contributed by atoms with Crippen LogP contribution in [-0.2, 0) is 13.1 Å². The van der Waals surface area contributed by atoms with Crippen LogP contribution in [0.3, 0.4) is 0 Å². The Bertz CT molecular complexity index is 675. The molecule has 0 bridgehead atoms. The maximum Gasteiger partial charge on any atom is 0.203 e. The summed E-state index contributed by atoms with van der Waals surface area (Å²) < 4.78 is 16.0. The average molecular weight is 316 g/mol. The van der Waals surface area contributed by atoms with Crippen LogP contribution in [0.15, 0.2) is 34.7 Å². The molecule has 0 aliphatic rings. The molecule has 0 aliphatic carbocycles. The standard InChI is InChI=1S/C17H20N2O4/c1-21-14-4-3-13(17(9-14)22-2)11-19(7-8-20)12-16-6-5-15(10-18)23-16/h3-6,9,20H,7-8,11-12H2,1-2H3. The van der Waals surface area contributed by atoms with Crippen molar-refractivity contribution in [2.75, 3.05) is 27.4 Å². The zero-order valence-electron chi connectivity index (χ0n) is 13.3. The Labute approximate surface area is 135 Å². The van der Waals surface area contributed by atoms with Gasteiger partial charge >= 0.3 is 0 Å². The molecule has 0 spiro atoms. The Kier molecular flexibility index (Phi) is 6.03. The van der Waals surface area contributed by atoms with E-state index in [1.807, 2.05) is 29.2 Å². The van der Waals surface area contributed by atoms with Gasteiger partial charge in [0.1, 0.15) is 23.3 Å². The SMILES string of the molecule is COc1ccc(CN(CCO)Cc2ccc(C#N)o2)c(OC)c1. The molecule has 0 saturated carbocycles. The molecule has 6 nitrogen and oxygen atoms in total. The van der Waals surface area contributed by atoms with Crippen LogP contribution in [-0.4, -0.2) is 37.4 Å². The Balaban J connectivity index is 2.14. The lowest BCUT2D eigenvalue weighted by Gasteiger charge is -2.21. The minimum atomic E-state index is 0.0320. The monoisotopic (exact) mass is 316 g/mol. The minimum absolute atomic E-state index is 0.0320. The molecule has 2 rings (SSSR count). The van der Waals surface area contributed by atoms with Gasteiger partial charge in [-0.1, -0.05) is 6.07 Å². The number of hydrogen-bond donors (Lipinski definition) is 1. The highest BCUT2D eigenvalue weighted by atomic mass is 16.5. The Morgan fingerprint density at radius 1 is 1.17 bits per heavy atom. The van der Waals surface area contributed by atoms with Crippen LogP contribution < -0.4 is 9.47 Å². The fourth-order valence-electron chi connectivity index (χ4n) is 2.32. The van der Waals surface area contributed by atoms with Crippen LogP contribution in [0.1, 0.15) is 17.1 Å². The second-order valence-corrected chi connectivity index (χ2v) is 4.99. The van der Waals surface area contributed by atoms with E-state index in [9.17, 15) is 5.11 Å². The van der Waals surface area contributed by atoms with Crippen molar-refractivity contribution in [3.63, 3.8) is 0 Å². The molecule has 1 N–H and O–H groups in total. The number of aliphatic hydroxyl groups excluding tert-OH is 1. The van der Waals surface area contributed by atoms with E-state index in [4.69, 9.17) is 19.2 Å². The molecule has 0 unspecified atom stereocenters. The predicted octanol–water partition coefficient (Wildman–Crippen LogP) is 2.16. The largest absolute Gasteiger partial charge is 0.497 e. The number of furan rings is 1. The summed E-state index contributed by atoms with van der Waals surface area (Å²) in [6, 6.07) is 11.0. The topological polar surface area (TPSA) is 78.9 Å². The number of benzene rings is 1. The van der Waals surface area contributed by atoms with Gasteiger partial charge in [0, 0.05) is 24.7 Å². The number of nitrogens with zero attached hydrogens (tertiary/aromatic N) is 2. The van der Waals surface area contributed by atoms with E-state index in [1.165, 1.54) is 0 Å². The third kappa shape index (κ3) is 4.49. The van der Waals surface area contributed by atoms with Crippen molar-refractivity contribution in [3.05, 3.63) is 47.4 Å². The van der Waals surface area contributed by atoms with Crippen molar-refractivity contribution < 1.29 is 19.0 Å². The van der Waals surface area contributed by atoms with Crippen molar-refractivity contribution in [1.29, 1.82) is 5.26 Å². The first-order valence-electron chi connectivity index (χ1n) is 7.23. The number of hydrogen-bond acceptors (Lipinski definition) is 6. The molecule has 1 heterocycles. The number of nitriles is 1. The Hall–Kier alpha value is -2.49. The second-order valence-electron chi connectivity index (χ2n) is 4.99. The van der Waals surface area contributed by atoms with Crippen LogP contribution in [0.25, 0.3) is 0 Å². The second kappa shape index (κ2) is 8.22. The molecule has 0 aliphatic heterocycles.